The van der Waals surface area contributed by atoms with E-state index in [0.717, 1.165) is 42.6 Å². The molecule has 2 aliphatic rings. The molecule has 0 fully saturated rings. The SMILES string of the molecule is CCCCCCCCCCCCCCc1cc(C2=CC(C)=CCC2)sc1-c1cc2sc(-c3sc(C4=CC(C(F)(F)F)=CCC4)cc3CCCCCCCCCCCCCC)cc2s1. The molecule has 0 radical (unpaired) electrons. The number of fused-ring (bicyclic) bond motifs is 1. The van der Waals surface area contributed by atoms with Crippen molar-refractivity contribution in [3.05, 3.63) is 80.6 Å². The highest BCUT2D eigenvalue weighted by atomic mass is 32.1. The van der Waals surface area contributed by atoms with Crippen LogP contribution in [0.1, 0.15) is 221 Å². The average molecular weight is 935 g/mol. The monoisotopic (exact) mass is 934 g/mol. The van der Waals surface area contributed by atoms with Gasteiger partial charge in [-0.2, -0.15) is 13.2 Å². The Morgan fingerprint density at radius 2 is 0.825 bits per heavy atom. The number of allylic oxidation sites excluding steroid dienone is 8. The summed E-state index contributed by atoms with van der Waals surface area (Å²) in [4.78, 5) is 7.85. The van der Waals surface area contributed by atoms with E-state index in [-0.39, 0.29) is 0 Å². The van der Waals surface area contributed by atoms with Crippen LogP contribution in [-0.4, -0.2) is 6.18 Å². The molecule has 0 aromatic carbocycles. The van der Waals surface area contributed by atoms with E-state index in [1.54, 1.807) is 11.3 Å². The van der Waals surface area contributed by atoms with Crippen LogP contribution >= 0.6 is 45.3 Å². The Labute approximate surface area is 396 Å². The van der Waals surface area contributed by atoms with Gasteiger partial charge in [-0.25, -0.2) is 0 Å². The van der Waals surface area contributed by atoms with E-state index >= 15 is 0 Å². The number of alkyl halides is 3. The third-order valence-corrected chi connectivity index (χ3v) is 18.4. The van der Waals surface area contributed by atoms with Gasteiger partial charge in [-0.05, 0) is 111 Å². The lowest BCUT2D eigenvalue weighted by Gasteiger charge is -2.15. The lowest BCUT2D eigenvalue weighted by Crippen LogP contribution is -2.12. The Morgan fingerprint density at radius 1 is 0.444 bits per heavy atom. The molecule has 0 nitrogen and oxygen atoms in total. The summed E-state index contributed by atoms with van der Waals surface area (Å²) in [5.41, 5.74) is 6.05. The van der Waals surface area contributed by atoms with E-state index in [4.69, 9.17) is 0 Å². The van der Waals surface area contributed by atoms with Crippen molar-refractivity contribution < 1.29 is 13.2 Å². The molecule has 0 saturated heterocycles. The largest absolute Gasteiger partial charge is 0.416 e. The second-order valence-corrected chi connectivity index (χ2v) is 23.0. The van der Waals surface area contributed by atoms with Crippen LogP contribution in [0.3, 0.4) is 0 Å². The number of hydrogen-bond acceptors (Lipinski definition) is 4. The van der Waals surface area contributed by atoms with Crippen LogP contribution in [0.2, 0.25) is 0 Å². The van der Waals surface area contributed by atoms with Crippen molar-refractivity contribution in [2.24, 2.45) is 0 Å². The van der Waals surface area contributed by atoms with Crippen LogP contribution in [0, 0.1) is 0 Å². The third kappa shape index (κ3) is 16.0. The molecule has 0 spiro atoms. The Bertz CT molecular complexity index is 2060. The van der Waals surface area contributed by atoms with Crippen LogP contribution in [0.4, 0.5) is 13.2 Å². The molecule has 0 unspecified atom stereocenters. The van der Waals surface area contributed by atoms with Crippen molar-refractivity contribution in [3.63, 3.8) is 0 Å². The van der Waals surface area contributed by atoms with E-state index in [0.29, 0.717) is 12.8 Å². The van der Waals surface area contributed by atoms with Crippen LogP contribution in [-0.2, 0) is 12.8 Å². The van der Waals surface area contributed by atoms with Crippen LogP contribution in [0.5, 0.6) is 0 Å². The highest BCUT2D eigenvalue weighted by molar-refractivity contribution is 7.33. The molecule has 2 aliphatic carbocycles. The maximum atomic E-state index is 13.8. The number of aryl methyl sites for hydroxylation is 2. The third-order valence-electron chi connectivity index (χ3n) is 13.2. The molecule has 0 N–H and O–H groups in total. The zero-order valence-electron chi connectivity index (χ0n) is 39.1. The first kappa shape index (κ1) is 50.2. The molecule has 6 rings (SSSR count). The second kappa shape index (κ2) is 26.8. The van der Waals surface area contributed by atoms with Crippen molar-refractivity contribution in [1.29, 1.82) is 0 Å². The summed E-state index contributed by atoms with van der Waals surface area (Å²) in [6, 6.07) is 9.61. The molecule has 0 atom stereocenters. The average Bonchev–Trinajstić information content (AvgIpc) is 4.07. The molecule has 0 amide bonds. The van der Waals surface area contributed by atoms with Gasteiger partial charge in [-0.3, -0.25) is 0 Å². The van der Waals surface area contributed by atoms with E-state index in [9.17, 15) is 13.2 Å². The molecule has 346 valence electrons. The molecule has 4 heterocycles. The molecule has 0 aliphatic heterocycles. The Kier molecular flexibility index (Phi) is 21.4. The maximum absolute atomic E-state index is 13.8. The standard InChI is InChI=1S/C56H77F3S4/c1-4-6-8-10-12-14-16-18-20-22-24-26-31-45-38-48(43-33-28-30-42(3)36-43)62-54(45)52-40-50-51(60-52)41-53(61-50)55-46(32-27-25-23-21-19-17-15-13-11-9-7-5-2)39-49(63-55)44-34-29-35-47(37-44)56(57,58)59/h30,35-41H,4-29,31-34H2,1-3H3. The second-order valence-electron chi connectivity index (χ2n) is 18.7. The minimum Gasteiger partial charge on any atom is -0.166 e. The van der Waals surface area contributed by atoms with Crippen LogP contribution < -0.4 is 0 Å². The minimum absolute atomic E-state index is 0.443. The van der Waals surface area contributed by atoms with Gasteiger partial charge in [-0.15, -0.1) is 45.3 Å². The number of halogens is 3. The van der Waals surface area contributed by atoms with E-state index in [1.807, 2.05) is 34.0 Å². The van der Waals surface area contributed by atoms with Gasteiger partial charge in [0.25, 0.3) is 0 Å². The predicted octanol–water partition coefficient (Wildman–Crippen LogP) is 21.7. The summed E-state index contributed by atoms with van der Waals surface area (Å²) >= 11 is 7.54. The van der Waals surface area contributed by atoms with Crippen molar-refractivity contribution in [2.75, 3.05) is 0 Å². The van der Waals surface area contributed by atoms with Crippen LogP contribution in [0.25, 0.3) is 40.1 Å². The zero-order chi connectivity index (χ0) is 44.3. The van der Waals surface area contributed by atoms with Gasteiger partial charge in [0.05, 0.1) is 5.57 Å². The summed E-state index contributed by atoms with van der Waals surface area (Å²) < 4.78 is 44.1. The van der Waals surface area contributed by atoms with Gasteiger partial charge in [0, 0.05) is 38.7 Å². The number of hydrogen-bond donors (Lipinski definition) is 0. The molecule has 4 aromatic heterocycles. The summed E-state index contributed by atoms with van der Waals surface area (Å²) in [5.74, 6) is 0. The first-order valence-corrected chi connectivity index (χ1v) is 28.7. The summed E-state index contributed by atoms with van der Waals surface area (Å²) in [5, 5.41) is 0. The first-order chi connectivity index (χ1) is 30.7. The zero-order valence-corrected chi connectivity index (χ0v) is 42.4. The Balaban J connectivity index is 1.12. The summed E-state index contributed by atoms with van der Waals surface area (Å²) in [6.07, 6.45) is 41.0. The number of rotatable bonds is 30. The highest BCUT2D eigenvalue weighted by Crippen LogP contribution is 2.49. The van der Waals surface area contributed by atoms with Gasteiger partial charge in [-0.1, -0.05) is 179 Å². The maximum Gasteiger partial charge on any atom is 0.416 e. The van der Waals surface area contributed by atoms with Gasteiger partial charge in [0.2, 0.25) is 0 Å². The van der Waals surface area contributed by atoms with Crippen molar-refractivity contribution >= 4 is 65.9 Å². The van der Waals surface area contributed by atoms with E-state index < -0.39 is 11.7 Å². The Hall–Kier alpha value is -2.19. The normalized spacial score (nSPS) is 14.7. The lowest BCUT2D eigenvalue weighted by molar-refractivity contribution is -0.0885. The fourth-order valence-electron chi connectivity index (χ4n) is 9.48. The Morgan fingerprint density at radius 3 is 1.22 bits per heavy atom. The molecule has 7 heteroatoms. The molecule has 63 heavy (non-hydrogen) atoms. The number of thiophene rings is 4. The van der Waals surface area contributed by atoms with Gasteiger partial charge < -0.3 is 0 Å². The van der Waals surface area contributed by atoms with E-state index in [1.165, 1.54) is 216 Å². The smallest absolute Gasteiger partial charge is 0.166 e. The molecule has 4 aromatic rings. The fraction of sp³-hybridized carbons (Fsp3) is 0.607. The summed E-state index contributed by atoms with van der Waals surface area (Å²) in [6.45, 7) is 6.80. The highest BCUT2D eigenvalue weighted by Gasteiger charge is 2.33. The molecular weight excluding hydrogens is 858 g/mol. The molecular formula is C56H77F3S4. The van der Waals surface area contributed by atoms with Crippen LogP contribution in [0.15, 0.2) is 59.7 Å². The first-order valence-electron chi connectivity index (χ1n) is 25.4. The van der Waals surface area contributed by atoms with Crippen molar-refractivity contribution in [2.45, 2.75) is 220 Å². The fourth-order valence-corrected chi connectivity index (χ4v) is 14.7. The quantitative estimate of drug-likeness (QED) is 0.0457. The molecule has 0 bridgehead atoms. The lowest BCUT2D eigenvalue weighted by atomic mass is 9.97. The minimum atomic E-state index is -4.31. The predicted molar refractivity (Wildman–Crippen MR) is 278 cm³/mol. The van der Waals surface area contributed by atoms with E-state index in [2.05, 4.69) is 57.2 Å². The van der Waals surface area contributed by atoms with Crippen molar-refractivity contribution in [3.8, 4) is 19.5 Å². The van der Waals surface area contributed by atoms with Gasteiger partial charge >= 0.3 is 6.18 Å². The topological polar surface area (TPSA) is 0 Å². The number of unbranched alkanes of at least 4 members (excludes halogenated alkanes) is 22. The van der Waals surface area contributed by atoms with Gasteiger partial charge in [0.1, 0.15) is 0 Å². The van der Waals surface area contributed by atoms with Gasteiger partial charge in [0.15, 0.2) is 0 Å². The summed E-state index contributed by atoms with van der Waals surface area (Å²) in [7, 11) is 0. The molecule has 0 saturated carbocycles. The van der Waals surface area contributed by atoms with Crippen molar-refractivity contribution in [1.82, 2.24) is 0 Å².